The molecule has 3 rings (SSSR count). The summed E-state index contributed by atoms with van der Waals surface area (Å²) in [6.07, 6.45) is 0. The first kappa shape index (κ1) is 22.9. The molecule has 1 heterocycles. The number of rotatable bonds is 6. The monoisotopic (exact) mass is 514 g/mol. The van der Waals surface area contributed by atoms with Crippen LogP contribution in [-0.4, -0.2) is 44.2 Å². The molecule has 2 N–H and O–H groups in total. The van der Waals surface area contributed by atoms with Crippen molar-refractivity contribution in [1.29, 1.82) is 0 Å². The van der Waals surface area contributed by atoms with E-state index in [4.69, 9.17) is 16.3 Å². The number of benzene rings is 2. The zero-order chi connectivity index (χ0) is 18.9. The van der Waals surface area contributed by atoms with Crippen molar-refractivity contribution in [2.24, 2.45) is 4.99 Å². The summed E-state index contributed by atoms with van der Waals surface area (Å²) < 4.78 is 5.45. The van der Waals surface area contributed by atoms with E-state index in [1.807, 2.05) is 24.3 Å². The summed E-state index contributed by atoms with van der Waals surface area (Å²) in [5.41, 5.74) is 3.67. The molecule has 0 saturated carbocycles. The van der Waals surface area contributed by atoms with Crippen LogP contribution in [0.25, 0.3) is 0 Å². The van der Waals surface area contributed by atoms with Crippen LogP contribution >= 0.6 is 35.6 Å². The maximum Gasteiger partial charge on any atom is 0.191 e. The Morgan fingerprint density at radius 1 is 0.964 bits per heavy atom. The summed E-state index contributed by atoms with van der Waals surface area (Å²) in [6.45, 7) is 5.92. The first-order valence-corrected chi connectivity index (χ1v) is 9.69. The van der Waals surface area contributed by atoms with Gasteiger partial charge >= 0.3 is 0 Å². The summed E-state index contributed by atoms with van der Waals surface area (Å²) >= 11 is 6.22. The third-order valence-electron chi connectivity index (χ3n) is 4.69. The van der Waals surface area contributed by atoms with E-state index < -0.39 is 0 Å². The van der Waals surface area contributed by atoms with Crippen LogP contribution in [0.1, 0.15) is 16.7 Å². The summed E-state index contributed by atoms with van der Waals surface area (Å²) in [5, 5.41) is 7.49. The first-order chi connectivity index (χ1) is 13.3. The van der Waals surface area contributed by atoms with E-state index in [9.17, 15) is 0 Å². The van der Waals surface area contributed by atoms with Gasteiger partial charge in [-0.15, -0.1) is 24.0 Å². The molecule has 5 nitrogen and oxygen atoms in total. The molecular formula is C21H28ClIN4O. The lowest BCUT2D eigenvalue weighted by atomic mass is 10.1. The molecule has 28 heavy (non-hydrogen) atoms. The SMILES string of the molecule is CN=C(NCc1ccccc1Cl)NCc1ccccc1CN1CCOCC1.I. The first-order valence-electron chi connectivity index (χ1n) is 9.31. The fraction of sp³-hybridized carbons (Fsp3) is 0.381. The Kier molecular flexibility index (Phi) is 10.0. The third-order valence-corrected chi connectivity index (χ3v) is 5.06. The molecule has 0 radical (unpaired) electrons. The Hall–Kier alpha value is -1.35. The minimum Gasteiger partial charge on any atom is -0.379 e. The summed E-state index contributed by atoms with van der Waals surface area (Å²) in [6, 6.07) is 16.4. The van der Waals surface area contributed by atoms with E-state index in [2.05, 4.69) is 44.8 Å². The molecule has 7 heteroatoms. The van der Waals surface area contributed by atoms with Gasteiger partial charge in [0.15, 0.2) is 5.96 Å². The van der Waals surface area contributed by atoms with Crippen molar-refractivity contribution < 1.29 is 4.74 Å². The lowest BCUT2D eigenvalue weighted by molar-refractivity contribution is 0.0341. The van der Waals surface area contributed by atoms with Crippen LogP contribution < -0.4 is 10.6 Å². The molecule has 0 amide bonds. The Morgan fingerprint density at radius 3 is 2.18 bits per heavy atom. The van der Waals surface area contributed by atoms with Crippen molar-refractivity contribution in [3.63, 3.8) is 0 Å². The van der Waals surface area contributed by atoms with Crippen molar-refractivity contribution >= 4 is 41.5 Å². The van der Waals surface area contributed by atoms with Crippen LogP contribution in [0.2, 0.25) is 5.02 Å². The molecule has 0 aromatic heterocycles. The highest BCUT2D eigenvalue weighted by molar-refractivity contribution is 14.0. The summed E-state index contributed by atoms with van der Waals surface area (Å²) in [4.78, 5) is 6.75. The molecule has 1 saturated heterocycles. The van der Waals surface area contributed by atoms with Gasteiger partial charge in [0.25, 0.3) is 0 Å². The van der Waals surface area contributed by atoms with Gasteiger partial charge in [-0.2, -0.15) is 0 Å². The molecule has 0 bridgehead atoms. The van der Waals surface area contributed by atoms with Crippen LogP contribution in [0.15, 0.2) is 53.5 Å². The molecule has 0 spiro atoms. The number of ether oxygens (including phenoxy) is 1. The number of hydrogen-bond donors (Lipinski definition) is 2. The van der Waals surface area contributed by atoms with Gasteiger partial charge in [0.1, 0.15) is 0 Å². The van der Waals surface area contributed by atoms with Crippen molar-refractivity contribution in [2.45, 2.75) is 19.6 Å². The van der Waals surface area contributed by atoms with E-state index >= 15 is 0 Å². The zero-order valence-corrected chi connectivity index (χ0v) is 19.2. The maximum absolute atomic E-state index is 6.22. The predicted molar refractivity (Wildman–Crippen MR) is 126 cm³/mol. The van der Waals surface area contributed by atoms with E-state index in [0.29, 0.717) is 6.54 Å². The summed E-state index contributed by atoms with van der Waals surface area (Å²) in [5.74, 6) is 0.760. The quantitative estimate of drug-likeness (QED) is 0.351. The van der Waals surface area contributed by atoms with Crippen molar-refractivity contribution in [3.8, 4) is 0 Å². The molecule has 1 aliphatic heterocycles. The van der Waals surface area contributed by atoms with Crippen molar-refractivity contribution in [3.05, 3.63) is 70.2 Å². The average Bonchev–Trinajstić information content (AvgIpc) is 2.71. The van der Waals surface area contributed by atoms with Crippen molar-refractivity contribution in [2.75, 3.05) is 33.4 Å². The number of halogens is 2. The molecule has 0 unspecified atom stereocenters. The minimum atomic E-state index is 0. The Bertz CT molecular complexity index is 766. The largest absolute Gasteiger partial charge is 0.379 e. The average molecular weight is 515 g/mol. The second-order valence-corrected chi connectivity index (χ2v) is 6.94. The highest BCUT2D eigenvalue weighted by atomic mass is 127. The highest BCUT2D eigenvalue weighted by Crippen LogP contribution is 2.15. The van der Waals surface area contributed by atoms with Gasteiger partial charge in [-0.25, -0.2) is 0 Å². The van der Waals surface area contributed by atoms with E-state index in [0.717, 1.165) is 55.9 Å². The van der Waals surface area contributed by atoms with Gasteiger partial charge in [-0.05, 0) is 22.8 Å². The number of hydrogen-bond acceptors (Lipinski definition) is 3. The normalized spacial score (nSPS) is 15.0. The molecule has 1 aliphatic rings. The molecular weight excluding hydrogens is 487 g/mol. The van der Waals surface area contributed by atoms with Gasteiger partial charge < -0.3 is 15.4 Å². The van der Waals surface area contributed by atoms with Crippen LogP contribution in [0, 0.1) is 0 Å². The second-order valence-electron chi connectivity index (χ2n) is 6.53. The number of nitrogens with one attached hydrogen (secondary N) is 2. The van der Waals surface area contributed by atoms with Crippen LogP contribution in [-0.2, 0) is 24.4 Å². The lowest BCUT2D eigenvalue weighted by Gasteiger charge is -2.27. The Labute approximate surface area is 189 Å². The third kappa shape index (κ3) is 6.92. The molecule has 1 fully saturated rings. The fourth-order valence-electron chi connectivity index (χ4n) is 3.10. The van der Waals surface area contributed by atoms with E-state index in [-0.39, 0.29) is 24.0 Å². The number of guanidine groups is 1. The molecule has 2 aromatic rings. The smallest absolute Gasteiger partial charge is 0.191 e. The zero-order valence-electron chi connectivity index (χ0n) is 16.2. The fourth-order valence-corrected chi connectivity index (χ4v) is 3.31. The lowest BCUT2D eigenvalue weighted by Crippen LogP contribution is -2.37. The Morgan fingerprint density at radius 2 is 1.54 bits per heavy atom. The Balaban J connectivity index is 0.00000280. The van der Waals surface area contributed by atoms with Gasteiger partial charge in [0, 0.05) is 44.8 Å². The topological polar surface area (TPSA) is 48.9 Å². The van der Waals surface area contributed by atoms with Crippen LogP contribution in [0.4, 0.5) is 0 Å². The maximum atomic E-state index is 6.22. The van der Waals surface area contributed by atoms with Gasteiger partial charge in [-0.3, -0.25) is 9.89 Å². The molecule has 0 aliphatic carbocycles. The minimum absolute atomic E-state index is 0. The van der Waals surface area contributed by atoms with Crippen LogP contribution in [0.3, 0.4) is 0 Å². The number of nitrogens with zero attached hydrogens (tertiary/aromatic N) is 2. The van der Waals surface area contributed by atoms with Gasteiger partial charge in [0.2, 0.25) is 0 Å². The number of morpholine rings is 1. The van der Waals surface area contributed by atoms with E-state index in [1.54, 1.807) is 7.05 Å². The van der Waals surface area contributed by atoms with Crippen molar-refractivity contribution in [1.82, 2.24) is 15.5 Å². The molecule has 0 atom stereocenters. The number of aliphatic imine (C=N–C) groups is 1. The summed E-state index contributed by atoms with van der Waals surface area (Å²) in [7, 11) is 1.78. The predicted octanol–water partition coefficient (Wildman–Crippen LogP) is 3.66. The second kappa shape index (κ2) is 12.3. The van der Waals surface area contributed by atoms with Crippen LogP contribution in [0.5, 0.6) is 0 Å². The van der Waals surface area contributed by atoms with Gasteiger partial charge in [-0.1, -0.05) is 54.1 Å². The highest BCUT2D eigenvalue weighted by Gasteiger charge is 2.12. The standard InChI is InChI=1S/C21H27ClN4O.HI/c1-23-21(25-15-18-7-4-5-9-20(18)22)24-14-17-6-2-3-8-19(17)16-26-10-12-27-13-11-26;/h2-9H,10-16H2,1H3,(H2,23,24,25);1H. The van der Waals surface area contributed by atoms with E-state index in [1.165, 1.54) is 11.1 Å². The molecule has 2 aromatic carbocycles. The van der Waals surface area contributed by atoms with Gasteiger partial charge in [0.05, 0.1) is 13.2 Å². The molecule has 152 valence electrons.